The molecule has 5 heteroatoms. The first kappa shape index (κ1) is 19.1. The highest BCUT2D eigenvalue weighted by Gasteiger charge is 2.28. The van der Waals surface area contributed by atoms with E-state index in [0.29, 0.717) is 16.5 Å². The lowest BCUT2D eigenvalue weighted by Gasteiger charge is -2.35. The number of anilines is 1. The van der Waals surface area contributed by atoms with Crippen LogP contribution in [0.15, 0.2) is 30.5 Å². The van der Waals surface area contributed by atoms with Gasteiger partial charge in [0.25, 0.3) is 0 Å². The lowest BCUT2D eigenvalue weighted by atomic mass is 9.88. The van der Waals surface area contributed by atoms with Gasteiger partial charge in [-0.25, -0.2) is 4.98 Å². The monoisotopic (exact) mass is 376 g/mol. The van der Waals surface area contributed by atoms with Crippen molar-refractivity contribution in [3.63, 3.8) is 0 Å². The van der Waals surface area contributed by atoms with Crippen LogP contribution in [0, 0.1) is 11.9 Å². The van der Waals surface area contributed by atoms with E-state index in [9.17, 15) is 4.39 Å². The second kappa shape index (κ2) is 7.93. The van der Waals surface area contributed by atoms with Crippen LogP contribution < -0.4 is 5.32 Å². The molecule has 1 fully saturated rings. The Morgan fingerprint density at radius 3 is 2.88 bits per heavy atom. The molecule has 0 amide bonds. The van der Waals surface area contributed by atoms with E-state index >= 15 is 0 Å². The van der Waals surface area contributed by atoms with Crippen LogP contribution in [0.2, 0.25) is 5.02 Å². The Morgan fingerprint density at radius 2 is 2.15 bits per heavy atom. The molecule has 1 atom stereocenters. The fourth-order valence-corrected chi connectivity index (χ4v) is 4.00. The van der Waals surface area contributed by atoms with Gasteiger partial charge in [-0.15, -0.1) is 0 Å². The zero-order valence-corrected chi connectivity index (χ0v) is 16.4. The van der Waals surface area contributed by atoms with Crippen molar-refractivity contribution in [3.05, 3.63) is 47.0 Å². The Labute approximate surface area is 159 Å². The predicted octanol–water partition coefficient (Wildman–Crippen LogP) is 5.72. The van der Waals surface area contributed by atoms with Gasteiger partial charge in [0, 0.05) is 36.7 Å². The first-order chi connectivity index (χ1) is 12.4. The van der Waals surface area contributed by atoms with Gasteiger partial charge in [0.1, 0.15) is 0 Å². The molecule has 1 saturated heterocycles. The Hall–Kier alpha value is -1.65. The van der Waals surface area contributed by atoms with E-state index in [1.165, 1.54) is 12.3 Å². The van der Waals surface area contributed by atoms with Crippen molar-refractivity contribution in [2.24, 2.45) is 5.92 Å². The summed E-state index contributed by atoms with van der Waals surface area (Å²) in [4.78, 5) is 3.63. The number of halogens is 2. The molecule has 2 heterocycles. The maximum Gasteiger partial charge on any atom is 0.213 e. The van der Waals surface area contributed by atoms with Crippen molar-refractivity contribution in [1.82, 2.24) is 4.98 Å². The molecule has 0 spiro atoms. The van der Waals surface area contributed by atoms with Crippen LogP contribution in [-0.4, -0.2) is 23.7 Å². The predicted molar refractivity (Wildman–Crippen MR) is 105 cm³/mol. The summed E-state index contributed by atoms with van der Waals surface area (Å²) in [6.45, 7) is 8.12. The van der Waals surface area contributed by atoms with Crippen molar-refractivity contribution < 1.29 is 9.13 Å². The Kier molecular flexibility index (Phi) is 5.83. The van der Waals surface area contributed by atoms with Gasteiger partial charge >= 0.3 is 0 Å². The number of aromatic nitrogens is 1. The third-order valence-electron chi connectivity index (χ3n) is 5.02. The average molecular weight is 377 g/mol. The van der Waals surface area contributed by atoms with Crippen molar-refractivity contribution in [2.75, 3.05) is 18.5 Å². The minimum absolute atomic E-state index is 0.0535. The van der Waals surface area contributed by atoms with Gasteiger partial charge in [0.2, 0.25) is 5.95 Å². The smallest absolute Gasteiger partial charge is 0.213 e. The zero-order chi connectivity index (χ0) is 18.7. The van der Waals surface area contributed by atoms with E-state index in [0.717, 1.165) is 49.2 Å². The summed E-state index contributed by atoms with van der Waals surface area (Å²) in [6.07, 6.45) is 4.31. The van der Waals surface area contributed by atoms with Crippen LogP contribution in [-0.2, 0) is 11.2 Å². The summed E-state index contributed by atoms with van der Waals surface area (Å²) in [5.74, 6) is 0.0586. The number of hydrogen-bond donors (Lipinski definition) is 1. The number of benzene rings is 1. The van der Waals surface area contributed by atoms with E-state index in [1.54, 1.807) is 0 Å². The van der Waals surface area contributed by atoms with Crippen LogP contribution in [0.3, 0.4) is 0 Å². The molecule has 140 valence electrons. The lowest BCUT2D eigenvalue weighted by Crippen LogP contribution is -2.36. The fraction of sp³-hybridized carbons (Fsp3) is 0.476. The van der Waals surface area contributed by atoms with Crippen molar-refractivity contribution in [2.45, 2.75) is 45.6 Å². The molecule has 1 aromatic heterocycles. The molecule has 0 bridgehead atoms. The fourth-order valence-electron chi connectivity index (χ4n) is 3.79. The van der Waals surface area contributed by atoms with Crippen LogP contribution in [0.25, 0.3) is 11.1 Å². The Morgan fingerprint density at radius 1 is 1.35 bits per heavy atom. The van der Waals surface area contributed by atoms with Crippen molar-refractivity contribution in [3.8, 4) is 11.1 Å². The summed E-state index contributed by atoms with van der Waals surface area (Å²) in [5.41, 5.74) is 3.82. The van der Waals surface area contributed by atoms with Crippen LogP contribution in [0.4, 0.5) is 10.1 Å². The minimum Gasteiger partial charge on any atom is -0.385 e. The second-order valence-electron chi connectivity index (χ2n) is 7.52. The van der Waals surface area contributed by atoms with Crippen LogP contribution in [0.1, 0.15) is 39.2 Å². The van der Waals surface area contributed by atoms with Gasteiger partial charge in [-0.2, -0.15) is 4.39 Å². The van der Waals surface area contributed by atoms with E-state index in [1.807, 2.05) is 12.1 Å². The highest BCUT2D eigenvalue weighted by Crippen LogP contribution is 2.35. The lowest BCUT2D eigenvalue weighted by molar-refractivity contribution is -0.0699. The molecule has 1 aliphatic heterocycles. The summed E-state index contributed by atoms with van der Waals surface area (Å²) in [6, 6.07) is 7.46. The SMILES string of the molecule is CCc1c(NCC2CCOC(C)(C)C2)cccc1-c1cc(F)ncc1Cl. The standard InChI is InChI=1S/C21H26ClFN2O/c1-4-15-16(17-10-20(23)25-13-18(17)22)6-5-7-19(15)24-12-14-8-9-26-21(2,3)11-14/h5-7,10,13-14,24H,4,8-9,11-12H2,1-3H3. The van der Waals surface area contributed by atoms with E-state index in [2.05, 4.69) is 37.1 Å². The highest BCUT2D eigenvalue weighted by molar-refractivity contribution is 6.33. The third-order valence-corrected chi connectivity index (χ3v) is 5.32. The van der Waals surface area contributed by atoms with Crippen molar-refractivity contribution in [1.29, 1.82) is 0 Å². The Bertz CT molecular complexity index is 779. The molecule has 1 aliphatic rings. The van der Waals surface area contributed by atoms with E-state index in [-0.39, 0.29) is 5.60 Å². The molecular weight excluding hydrogens is 351 g/mol. The maximum atomic E-state index is 13.6. The highest BCUT2D eigenvalue weighted by atomic mass is 35.5. The second-order valence-corrected chi connectivity index (χ2v) is 7.93. The Balaban J connectivity index is 1.83. The van der Waals surface area contributed by atoms with Gasteiger partial charge in [0.05, 0.1) is 10.6 Å². The van der Waals surface area contributed by atoms with Gasteiger partial charge in [-0.05, 0) is 56.2 Å². The molecule has 3 rings (SSSR count). The third kappa shape index (κ3) is 4.36. The molecular formula is C21H26ClFN2O. The van der Waals surface area contributed by atoms with Gasteiger partial charge in [-0.3, -0.25) is 0 Å². The summed E-state index contributed by atoms with van der Waals surface area (Å²) in [5, 5.41) is 4.07. The molecule has 0 aliphatic carbocycles. The molecule has 1 N–H and O–H groups in total. The first-order valence-electron chi connectivity index (χ1n) is 9.21. The summed E-state index contributed by atoms with van der Waals surface area (Å²) < 4.78 is 19.4. The van der Waals surface area contributed by atoms with Gasteiger partial charge < -0.3 is 10.1 Å². The van der Waals surface area contributed by atoms with Crippen LogP contribution in [0.5, 0.6) is 0 Å². The van der Waals surface area contributed by atoms with Crippen molar-refractivity contribution >= 4 is 17.3 Å². The van der Waals surface area contributed by atoms with E-state index in [4.69, 9.17) is 16.3 Å². The van der Waals surface area contributed by atoms with Gasteiger partial charge in [0.15, 0.2) is 0 Å². The number of hydrogen-bond acceptors (Lipinski definition) is 3. The molecule has 2 aromatic rings. The molecule has 3 nitrogen and oxygen atoms in total. The average Bonchev–Trinajstić information content (AvgIpc) is 2.61. The molecule has 1 unspecified atom stereocenters. The number of nitrogens with one attached hydrogen (secondary N) is 1. The number of nitrogens with zero attached hydrogens (tertiary/aromatic N) is 1. The quantitative estimate of drug-likeness (QED) is 0.677. The summed E-state index contributed by atoms with van der Waals surface area (Å²) >= 11 is 6.28. The molecule has 0 radical (unpaired) electrons. The number of ether oxygens (including phenoxy) is 1. The largest absolute Gasteiger partial charge is 0.385 e. The topological polar surface area (TPSA) is 34.1 Å². The zero-order valence-electron chi connectivity index (χ0n) is 15.6. The van der Waals surface area contributed by atoms with Crippen LogP contribution >= 0.6 is 11.6 Å². The number of rotatable bonds is 5. The minimum atomic E-state index is -0.519. The maximum absolute atomic E-state index is 13.6. The number of pyridine rings is 1. The van der Waals surface area contributed by atoms with E-state index < -0.39 is 5.95 Å². The molecule has 26 heavy (non-hydrogen) atoms. The molecule has 0 saturated carbocycles. The normalized spacial score (nSPS) is 19.3. The van der Waals surface area contributed by atoms with Gasteiger partial charge in [-0.1, -0.05) is 30.7 Å². The summed E-state index contributed by atoms with van der Waals surface area (Å²) in [7, 11) is 0. The molecule has 1 aromatic carbocycles. The first-order valence-corrected chi connectivity index (χ1v) is 9.58.